The molecule has 5 nitrogen and oxygen atoms in total. The molecule has 0 aliphatic rings. The Morgan fingerprint density at radius 1 is 1.04 bits per heavy atom. The van der Waals surface area contributed by atoms with Gasteiger partial charge in [-0.3, -0.25) is 20.4 Å². The van der Waals surface area contributed by atoms with Crippen LogP contribution in [-0.4, -0.2) is 11.8 Å². The van der Waals surface area contributed by atoms with E-state index in [0.717, 1.165) is 5.56 Å². The van der Waals surface area contributed by atoms with Crippen LogP contribution in [0.25, 0.3) is 0 Å². The van der Waals surface area contributed by atoms with Gasteiger partial charge in [0.1, 0.15) is 0 Å². The van der Waals surface area contributed by atoms with Gasteiger partial charge in [0.05, 0.1) is 22.2 Å². The second kappa shape index (κ2) is 8.34. The first-order chi connectivity index (χ1) is 11.5. The Balaban J connectivity index is 1.83. The van der Waals surface area contributed by atoms with E-state index in [0.29, 0.717) is 17.0 Å². The summed E-state index contributed by atoms with van der Waals surface area (Å²) in [5, 5.41) is 9.34. The number of carbonyl (C=O) groups is 2. The van der Waals surface area contributed by atoms with Gasteiger partial charge < -0.3 is 0 Å². The second-order valence-electron chi connectivity index (χ2n) is 4.94. The van der Waals surface area contributed by atoms with Crippen LogP contribution >= 0.6 is 23.2 Å². The molecule has 2 rings (SSSR count). The third-order valence-corrected chi connectivity index (χ3v) is 3.78. The number of amides is 2. The number of nitriles is 1. The van der Waals surface area contributed by atoms with Crippen molar-refractivity contribution in [3.63, 3.8) is 0 Å². The molecule has 122 valence electrons. The van der Waals surface area contributed by atoms with Gasteiger partial charge in [0.25, 0.3) is 5.91 Å². The third-order valence-electron chi connectivity index (χ3n) is 3.21. The number of benzene rings is 2. The number of hydrogen-bond acceptors (Lipinski definition) is 3. The van der Waals surface area contributed by atoms with Crippen molar-refractivity contribution in [3.8, 4) is 6.07 Å². The zero-order valence-corrected chi connectivity index (χ0v) is 14.0. The molecule has 2 aromatic carbocycles. The van der Waals surface area contributed by atoms with E-state index < -0.39 is 5.91 Å². The van der Waals surface area contributed by atoms with E-state index in [9.17, 15) is 9.59 Å². The van der Waals surface area contributed by atoms with E-state index in [1.165, 1.54) is 12.1 Å². The topological polar surface area (TPSA) is 82.0 Å². The van der Waals surface area contributed by atoms with Gasteiger partial charge in [-0.2, -0.15) is 5.26 Å². The third kappa shape index (κ3) is 4.98. The number of nitrogens with zero attached hydrogens (tertiary/aromatic N) is 1. The SMILES string of the molecule is N#Cc1ccc(CCC(=O)NNC(=O)c2cc(Cl)ccc2Cl)cc1. The zero-order chi connectivity index (χ0) is 17.5. The Morgan fingerprint density at radius 3 is 2.42 bits per heavy atom. The zero-order valence-electron chi connectivity index (χ0n) is 12.5. The van der Waals surface area contributed by atoms with E-state index in [1.54, 1.807) is 30.3 Å². The van der Waals surface area contributed by atoms with Gasteiger partial charge in [0, 0.05) is 11.4 Å². The van der Waals surface area contributed by atoms with Gasteiger partial charge in [-0.15, -0.1) is 0 Å². The van der Waals surface area contributed by atoms with Crippen LogP contribution in [0.1, 0.15) is 27.9 Å². The molecule has 0 aliphatic carbocycles. The molecule has 0 spiro atoms. The van der Waals surface area contributed by atoms with Crippen LogP contribution in [0.2, 0.25) is 10.0 Å². The summed E-state index contributed by atoms with van der Waals surface area (Å²) in [6.45, 7) is 0. The normalized spacial score (nSPS) is 9.88. The fourth-order valence-electron chi connectivity index (χ4n) is 1.93. The van der Waals surface area contributed by atoms with Crippen LogP contribution in [0, 0.1) is 11.3 Å². The Labute approximate surface area is 149 Å². The van der Waals surface area contributed by atoms with E-state index >= 15 is 0 Å². The number of halogens is 2. The highest BCUT2D eigenvalue weighted by Gasteiger charge is 2.12. The molecular weight excluding hydrogens is 349 g/mol. The summed E-state index contributed by atoms with van der Waals surface area (Å²) in [5.74, 6) is -0.889. The first-order valence-corrected chi connectivity index (χ1v) is 7.78. The minimum atomic E-state index is -0.547. The fourth-order valence-corrected chi connectivity index (χ4v) is 2.31. The van der Waals surface area contributed by atoms with Crippen LogP contribution in [0.4, 0.5) is 0 Å². The molecule has 2 amide bonds. The molecule has 0 saturated carbocycles. The number of hydrogen-bond donors (Lipinski definition) is 2. The molecule has 0 unspecified atom stereocenters. The van der Waals surface area contributed by atoms with Crippen LogP contribution < -0.4 is 10.9 Å². The lowest BCUT2D eigenvalue weighted by Gasteiger charge is -2.09. The van der Waals surface area contributed by atoms with Crippen molar-refractivity contribution in [2.24, 2.45) is 0 Å². The maximum absolute atomic E-state index is 12.0. The van der Waals surface area contributed by atoms with Crippen LogP contribution in [0.15, 0.2) is 42.5 Å². The van der Waals surface area contributed by atoms with Gasteiger partial charge in [-0.25, -0.2) is 0 Å². The van der Waals surface area contributed by atoms with Crippen molar-refractivity contribution in [2.45, 2.75) is 12.8 Å². The van der Waals surface area contributed by atoms with Crippen molar-refractivity contribution in [1.29, 1.82) is 5.26 Å². The summed E-state index contributed by atoms with van der Waals surface area (Å²) >= 11 is 11.7. The average molecular weight is 362 g/mol. The van der Waals surface area contributed by atoms with Gasteiger partial charge in [0.15, 0.2) is 0 Å². The molecule has 7 heteroatoms. The Kier molecular flexibility index (Phi) is 6.19. The molecule has 0 aromatic heterocycles. The predicted octanol–water partition coefficient (Wildman–Crippen LogP) is 3.26. The highest BCUT2D eigenvalue weighted by atomic mass is 35.5. The van der Waals surface area contributed by atoms with Crippen molar-refractivity contribution in [1.82, 2.24) is 10.9 Å². The molecule has 0 heterocycles. The summed E-state index contributed by atoms with van der Waals surface area (Å²) in [4.78, 5) is 23.8. The van der Waals surface area contributed by atoms with Crippen molar-refractivity contribution in [2.75, 3.05) is 0 Å². The van der Waals surface area contributed by atoms with E-state index in [1.807, 2.05) is 6.07 Å². The number of aryl methyl sites for hydroxylation is 1. The average Bonchev–Trinajstić information content (AvgIpc) is 2.60. The second-order valence-corrected chi connectivity index (χ2v) is 5.78. The van der Waals surface area contributed by atoms with Crippen LogP contribution in [-0.2, 0) is 11.2 Å². The standard InChI is InChI=1S/C17H13Cl2N3O2/c18-13-6-7-15(19)14(9-13)17(24)22-21-16(23)8-5-11-1-3-12(10-20)4-2-11/h1-4,6-7,9H,5,8H2,(H,21,23)(H,22,24). The van der Waals surface area contributed by atoms with E-state index in [-0.39, 0.29) is 22.9 Å². The number of hydrazine groups is 1. The summed E-state index contributed by atoms with van der Waals surface area (Å²) < 4.78 is 0. The van der Waals surface area contributed by atoms with Gasteiger partial charge >= 0.3 is 0 Å². The number of nitrogens with one attached hydrogen (secondary N) is 2. The molecule has 0 aliphatic heterocycles. The summed E-state index contributed by atoms with van der Waals surface area (Å²) in [6, 6.07) is 13.5. The monoisotopic (exact) mass is 361 g/mol. The molecule has 0 radical (unpaired) electrons. The highest BCUT2D eigenvalue weighted by Crippen LogP contribution is 2.20. The lowest BCUT2D eigenvalue weighted by atomic mass is 10.1. The molecule has 0 atom stereocenters. The molecule has 0 fully saturated rings. The summed E-state index contributed by atoms with van der Waals surface area (Å²) in [5.41, 5.74) is 6.29. The van der Waals surface area contributed by atoms with Crippen molar-refractivity contribution >= 4 is 35.0 Å². The van der Waals surface area contributed by atoms with Gasteiger partial charge in [0.2, 0.25) is 5.91 Å². The minimum Gasteiger partial charge on any atom is -0.273 e. The maximum Gasteiger partial charge on any atom is 0.271 e. The Morgan fingerprint density at radius 2 is 1.75 bits per heavy atom. The molecule has 0 saturated heterocycles. The Hall–Kier alpha value is -2.55. The van der Waals surface area contributed by atoms with Crippen LogP contribution in [0.3, 0.4) is 0 Å². The van der Waals surface area contributed by atoms with Crippen molar-refractivity contribution < 1.29 is 9.59 Å². The first kappa shape index (κ1) is 17.8. The van der Waals surface area contributed by atoms with Crippen LogP contribution in [0.5, 0.6) is 0 Å². The fraction of sp³-hybridized carbons (Fsp3) is 0.118. The molecule has 0 bridgehead atoms. The summed E-state index contributed by atoms with van der Waals surface area (Å²) in [6.07, 6.45) is 0.681. The predicted molar refractivity (Wildman–Crippen MR) is 91.5 cm³/mol. The van der Waals surface area contributed by atoms with E-state index in [4.69, 9.17) is 28.5 Å². The molecule has 2 N–H and O–H groups in total. The quantitative estimate of drug-likeness (QED) is 0.819. The number of carbonyl (C=O) groups excluding carboxylic acids is 2. The number of rotatable bonds is 4. The largest absolute Gasteiger partial charge is 0.273 e. The molecule has 2 aromatic rings. The first-order valence-electron chi connectivity index (χ1n) is 7.03. The van der Waals surface area contributed by atoms with Gasteiger partial charge in [-0.05, 0) is 42.3 Å². The summed E-state index contributed by atoms with van der Waals surface area (Å²) in [7, 11) is 0. The van der Waals surface area contributed by atoms with Crippen molar-refractivity contribution in [3.05, 3.63) is 69.2 Å². The molecule has 24 heavy (non-hydrogen) atoms. The lowest BCUT2D eigenvalue weighted by molar-refractivity contribution is -0.121. The maximum atomic E-state index is 12.0. The van der Waals surface area contributed by atoms with Gasteiger partial charge in [-0.1, -0.05) is 35.3 Å². The Bertz CT molecular complexity index is 798. The lowest BCUT2D eigenvalue weighted by Crippen LogP contribution is -2.41. The smallest absolute Gasteiger partial charge is 0.271 e. The minimum absolute atomic E-state index is 0.177. The molecular formula is C17H13Cl2N3O2. The highest BCUT2D eigenvalue weighted by molar-refractivity contribution is 6.35. The van der Waals surface area contributed by atoms with E-state index in [2.05, 4.69) is 10.9 Å².